The number of halogens is 2. The maximum Gasteiger partial charge on any atom is 0.236 e. The van der Waals surface area contributed by atoms with Gasteiger partial charge in [0.2, 0.25) is 21.6 Å². The average molecular weight is 253 g/mol. The molecule has 1 aromatic carbocycles. The number of hydrogen-bond donors (Lipinski definition) is 0. The molecular weight excluding hydrogens is 247 g/mol. The fourth-order valence-electron chi connectivity index (χ4n) is 1.28. The zero-order valence-corrected chi connectivity index (χ0v) is 8.94. The van der Waals surface area contributed by atoms with Gasteiger partial charge in [0.1, 0.15) is 0 Å². The molecule has 15 heavy (non-hydrogen) atoms. The van der Waals surface area contributed by atoms with Crippen LogP contribution in [0, 0.1) is 5.82 Å². The Morgan fingerprint density at radius 3 is 2.80 bits per heavy atom. The van der Waals surface area contributed by atoms with Gasteiger partial charge in [-0.25, -0.2) is 12.8 Å². The van der Waals surface area contributed by atoms with Crippen molar-refractivity contribution in [1.29, 1.82) is 0 Å². The van der Waals surface area contributed by atoms with E-state index in [0.717, 1.165) is 0 Å². The van der Waals surface area contributed by atoms with Crippen LogP contribution in [0.3, 0.4) is 0 Å². The molecule has 0 fully saturated rings. The van der Waals surface area contributed by atoms with E-state index in [0.29, 0.717) is 0 Å². The molecule has 1 heterocycles. The largest absolute Gasteiger partial charge is 0.453 e. The van der Waals surface area contributed by atoms with Gasteiger partial charge in [-0.1, -0.05) is 6.07 Å². The summed E-state index contributed by atoms with van der Waals surface area (Å²) in [7, 11) is 1.24. The first-order valence-corrected chi connectivity index (χ1v) is 6.44. The van der Waals surface area contributed by atoms with Crippen molar-refractivity contribution < 1.29 is 22.3 Å². The van der Waals surface area contributed by atoms with Gasteiger partial charge in [0.15, 0.2) is 11.6 Å². The lowest BCUT2D eigenvalue weighted by atomic mass is 10.2. The monoisotopic (exact) mass is 252 g/mol. The molecule has 0 amide bonds. The van der Waals surface area contributed by atoms with E-state index in [1.54, 1.807) is 0 Å². The molecule has 0 spiro atoms. The highest BCUT2D eigenvalue weighted by atomic mass is 35.7. The molecule has 7 heteroatoms. The molecule has 1 aliphatic heterocycles. The molecule has 0 aromatic heterocycles. The summed E-state index contributed by atoms with van der Waals surface area (Å²) < 4.78 is 44.9. The molecule has 1 aromatic rings. The van der Waals surface area contributed by atoms with Gasteiger partial charge in [-0.05, 0) is 6.07 Å². The van der Waals surface area contributed by atoms with E-state index < -0.39 is 20.6 Å². The quantitative estimate of drug-likeness (QED) is 0.751. The van der Waals surface area contributed by atoms with Gasteiger partial charge in [-0.15, -0.1) is 0 Å². The normalized spacial score (nSPS) is 14.3. The van der Waals surface area contributed by atoms with Crippen LogP contribution in [0.4, 0.5) is 4.39 Å². The number of benzene rings is 1. The van der Waals surface area contributed by atoms with E-state index in [-0.39, 0.29) is 23.9 Å². The van der Waals surface area contributed by atoms with Gasteiger partial charge in [-0.3, -0.25) is 0 Å². The maximum atomic E-state index is 13.6. The lowest BCUT2D eigenvalue weighted by Crippen LogP contribution is -1.99. The van der Waals surface area contributed by atoms with Crippen molar-refractivity contribution in [2.24, 2.45) is 0 Å². The summed E-state index contributed by atoms with van der Waals surface area (Å²) in [5, 5.41) is 0. The van der Waals surface area contributed by atoms with Crippen LogP contribution in [0.5, 0.6) is 11.5 Å². The number of fused-ring (bicyclic) bond motifs is 1. The minimum atomic E-state index is -3.78. The van der Waals surface area contributed by atoms with Crippen molar-refractivity contribution in [2.45, 2.75) is 5.75 Å². The van der Waals surface area contributed by atoms with Crippen molar-refractivity contribution in [2.75, 3.05) is 6.79 Å². The van der Waals surface area contributed by atoms with E-state index in [4.69, 9.17) is 20.2 Å². The zero-order chi connectivity index (χ0) is 11.1. The van der Waals surface area contributed by atoms with Gasteiger partial charge in [-0.2, -0.15) is 0 Å². The van der Waals surface area contributed by atoms with E-state index in [1.807, 2.05) is 0 Å². The molecule has 0 saturated heterocycles. The first-order chi connectivity index (χ1) is 6.97. The van der Waals surface area contributed by atoms with Crippen LogP contribution in [-0.2, 0) is 14.8 Å². The van der Waals surface area contributed by atoms with Crippen molar-refractivity contribution in [3.8, 4) is 11.5 Å². The van der Waals surface area contributed by atoms with Gasteiger partial charge in [0.05, 0.1) is 5.75 Å². The predicted octanol–water partition coefficient (Wildman–Crippen LogP) is 1.62. The summed E-state index contributed by atoms with van der Waals surface area (Å²) in [5.74, 6) is -1.11. The molecule has 0 radical (unpaired) electrons. The van der Waals surface area contributed by atoms with Crippen molar-refractivity contribution in [3.63, 3.8) is 0 Å². The third-order valence-electron chi connectivity index (χ3n) is 1.89. The molecular formula is C8H6ClFO4S. The van der Waals surface area contributed by atoms with Gasteiger partial charge in [0.25, 0.3) is 0 Å². The van der Waals surface area contributed by atoms with E-state index in [2.05, 4.69) is 0 Å². The van der Waals surface area contributed by atoms with Crippen molar-refractivity contribution in [1.82, 2.24) is 0 Å². The first kappa shape index (κ1) is 10.5. The molecule has 82 valence electrons. The minimum Gasteiger partial charge on any atom is -0.453 e. The smallest absolute Gasteiger partial charge is 0.236 e. The highest BCUT2D eigenvalue weighted by Crippen LogP contribution is 2.36. The van der Waals surface area contributed by atoms with Gasteiger partial charge >= 0.3 is 0 Å². The van der Waals surface area contributed by atoms with Gasteiger partial charge < -0.3 is 9.47 Å². The predicted molar refractivity (Wildman–Crippen MR) is 51.0 cm³/mol. The van der Waals surface area contributed by atoms with Crippen LogP contribution >= 0.6 is 10.7 Å². The first-order valence-electron chi connectivity index (χ1n) is 3.97. The summed E-state index contributed by atoms with van der Waals surface area (Å²) in [4.78, 5) is 0. The Bertz CT molecular complexity index is 500. The molecule has 0 unspecified atom stereocenters. The second-order valence-corrected chi connectivity index (χ2v) is 5.73. The number of rotatable bonds is 2. The van der Waals surface area contributed by atoms with Crippen LogP contribution in [0.2, 0.25) is 0 Å². The van der Waals surface area contributed by atoms with E-state index in [1.165, 1.54) is 12.1 Å². The summed E-state index contributed by atoms with van der Waals surface area (Å²) in [6.07, 6.45) is 0. The second-order valence-electron chi connectivity index (χ2n) is 2.96. The topological polar surface area (TPSA) is 52.6 Å². The van der Waals surface area contributed by atoms with Gasteiger partial charge in [0, 0.05) is 16.2 Å². The molecule has 0 N–H and O–H groups in total. The van der Waals surface area contributed by atoms with Crippen LogP contribution in [0.25, 0.3) is 0 Å². The Hall–Kier alpha value is -1.01. The molecule has 0 saturated carbocycles. The SMILES string of the molecule is O=S(=O)(Cl)Cc1ccc2c(c1F)OCO2. The standard InChI is InChI=1S/C8H6ClFO4S/c9-15(11,12)3-5-1-2-6-8(7(5)10)14-4-13-6/h1-2H,3-4H2. The summed E-state index contributed by atoms with van der Waals surface area (Å²) in [6, 6.07) is 2.76. The summed E-state index contributed by atoms with van der Waals surface area (Å²) in [6.45, 7) is -0.0661. The van der Waals surface area contributed by atoms with Crippen molar-refractivity contribution >= 4 is 19.7 Å². The third-order valence-corrected chi connectivity index (χ3v) is 2.87. The summed E-state index contributed by atoms with van der Waals surface area (Å²) in [5.41, 5.74) is -0.0331. The molecule has 1 aliphatic rings. The summed E-state index contributed by atoms with van der Waals surface area (Å²) >= 11 is 0. The molecule has 0 aliphatic carbocycles. The third kappa shape index (κ3) is 2.15. The highest BCUT2D eigenvalue weighted by Gasteiger charge is 2.22. The van der Waals surface area contributed by atoms with Crippen LogP contribution in [-0.4, -0.2) is 15.2 Å². The molecule has 2 rings (SSSR count). The van der Waals surface area contributed by atoms with Crippen LogP contribution < -0.4 is 9.47 Å². The Morgan fingerprint density at radius 1 is 1.40 bits per heavy atom. The Kier molecular flexibility index (Phi) is 2.47. The minimum absolute atomic E-state index is 0.0331. The zero-order valence-electron chi connectivity index (χ0n) is 7.37. The Morgan fingerprint density at radius 2 is 2.13 bits per heavy atom. The second kappa shape index (κ2) is 3.53. The van der Waals surface area contributed by atoms with E-state index in [9.17, 15) is 12.8 Å². The number of ether oxygens (including phenoxy) is 2. The average Bonchev–Trinajstić information content (AvgIpc) is 2.56. The highest BCUT2D eigenvalue weighted by molar-refractivity contribution is 8.13. The lowest BCUT2D eigenvalue weighted by molar-refractivity contribution is 0.171. The van der Waals surface area contributed by atoms with Crippen LogP contribution in [0.15, 0.2) is 12.1 Å². The molecule has 0 bridgehead atoms. The van der Waals surface area contributed by atoms with E-state index >= 15 is 0 Å². The number of hydrogen-bond acceptors (Lipinski definition) is 4. The maximum absolute atomic E-state index is 13.6. The van der Waals surface area contributed by atoms with Crippen LogP contribution in [0.1, 0.15) is 5.56 Å². The fraction of sp³-hybridized carbons (Fsp3) is 0.250. The fourth-order valence-corrected chi connectivity index (χ4v) is 2.22. The Labute approximate surface area is 90.0 Å². The molecule has 0 atom stereocenters. The Balaban J connectivity index is 2.43. The molecule has 4 nitrogen and oxygen atoms in total. The van der Waals surface area contributed by atoms with Crippen molar-refractivity contribution in [3.05, 3.63) is 23.5 Å². The lowest BCUT2D eigenvalue weighted by Gasteiger charge is -2.03.